The molecule has 0 atom stereocenters. The lowest BCUT2D eigenvalue weighted by Crippen LogP contribution is -2.08. The normalized spacial score (nSPS) is 10.3. The van der Waals surface area contributed by atoms with Gasteiger partial charge in [0.15, 0.2) is 5.78 Å². The average Bonchev–Trinajstić information content (AvgIpc) is 3.08. The summed E-state index contributed by atoms with van der Waals surface area (Å²) in [4.78, 5) is 24.8. The van der Waals surface area contributed by atoms with Crippen molar-refractivity contribution in [3.63, 3.8) is 0 Å². The minimum absolute atomic E-state index is 0.0595. The van der Waals surface area contributed by atoms with Crippen LogP contribution in [0.4, 0.5) is 9.39 Å². The van der Waals surface area contributed by atoms with Gasteiger partial charge in [0.2, 0.25) is 0 Å². The molecule has 0 bridgehead atoms. The molecule has 0 fully saturated rings. The predicted molar refractivity (Wildman–Crippen MR) is 110 cm³/mol. The van der Waals surface area contributed by atoms with Crippen molar-refractivity contribution in [2.75, 3.05) is 12.3 Å². The van der Waals surface area contributed by atoms with Crippen LogP contribution in [0.3, 0.4) is 0 Å². The summed E-state index contributed by atoms with van der Waals surface area (Å²) in [5.41, 5.74) is 7.18. The Labute approximate surface area is 176 Å². The van der Waals surface area contributed by atoms with Crippen molar-refractivity contribution < 1.29 is 23.5 Å². The number of carbonyl (C=O) groups is 2. The number of nitrogens with two attached hydrogens (primary N) is 1. The molecule has 1 heterocycles. The molecule has 152 valence electrons. The summed E-state index contributed by atoms with van der Waals surface area (Å²) < 4.78 is 23.7. The number of hydrogen-bond acceptors (Lipinski definition) is 7. The summed E-state index contributed by atoms with van der Waals surface area (Å²) in [6.45, 7) is 1.82. The zero-order chi connectivity index (χ0) is 21.7. The number of nitrogens with zero attached hydrogens (tertiary/aromatic N) is 1. The van der Waals surface area contributed by atoms with Crippen LogP contribution >= 0.6 is 11.3 Å². The number of rotatable bonds is 7. The van der Waals surface area contributed by atoms with E-state index >= 15 is 0 Å². The summed E-state index contributed by atoms with van der Waals surface area (Å²) in [5, 5.41) is 9.57. The largest absolute Gasteiger partial charge is 0.489 e. The fourth-order valence-electron chi connectivity index (χ4n) is 2.73. The van der Waals surface area contributed by atoms with Gasteiger partial charge >= 0.3 is 5.97 Å². The smallest absolute Gasteiger partial charge is 0.348 e. The quantitative estimate of drug-likeness (QED) is 0.447. The fraction of sp³-hybridized carbons (Fsp3) is 0.136. The Bertz CT molecular complexity index is 1120. The topological polar surface area (TPSA) is 102 Å². The van der Waals surface area contributed by atoms with Gasteiger partial charge in [-0.25, -0.2) is 9.18 Å². The Balaban J connectivity index is 1.75. The van der Waals surface area contributed by atoms with Gasteiger partial charge in [0.05, 0.1) is 12.2 Å². The third-order valence-corrected chi connectivity index (χ3v) is 5.25. The van der Waals surface area contributed by atoms with Crippen molar-refractivity contribution in [1.29, 1.82) is 5.26 Å². The Morgan fingerprint density at radius 2 is 1.70 bits per heavy atom. The van der Waals surface area contributed by atoms with E-state index in [-0.39, 0.29) is 34.4 Å². The van der Waals surface area contributed by atoms with Gasteiger partial charge in [-0.05, 0) is 55.5 Å². The molecule has 30 heavy (non-hydrogen) atoms. The van der Waals surface area contributed by atoms with E-state index in [0.717, 1.165) is 11.3 Å². The Hall–Kier alpha value is -3.70. The lowest BCUT2D eigenvalue weighted by molar-refractivity contribution is 0.0529. The van der Waals surface area contributed by atoms with Crippen LogP contribution in [-0.4, -0.2) is 18.4 Å². The Kier molecular flexibility index (Phi) is 6.45. The second kappa shape index (κ2) is 9.20. The SMILES string of the molecule is CCOC(=O)c1sc(N)c(C#N)c1COc1ccc(C(=O)c2ccc(F)cc2)cc1. The third kappa shape index (κ3) is 4.47. The molecule has 0 saturated carbocycles. The van der Waals surface area contributed by atoms with Gasteiger partial charge in [-0.3, -0.25) is 4.79 Å². The van der Waals surface area contributed by atoms with Gasteiger partial charge in [0.1, 0.15) is 34.1 Å². The Morgan fingerprint density at radius 1 is 1.10 bits per heavy atom. The number of esters is 1. The van der Waals surface area contributed by atoms with E-state index in [1.807, 2.05) is 6.07 Å². The van der Waals surface area contributed by atoms with Crippen molar-refractivity contribution in [2.45, 2.75) is 13.5 Å². The third-order valence-electron chi connectivity index (χ3n) is 4.21. The van der Waals surface area contributed by atoms with E-state index in [1.54, 1.807) is 31.2 Å². The van der Waals surface area contributed by atoms with Crippen molar-refractivity contribution in [3.05, 3.63) is 81.5 Å². The molecule has 0 radical (unpaired) electrons. The summed E-state index contributed by atoms with van der Waals surface area (Å²) in [6.07, 6.45) is 0. The average molecular weight is 424 g/mol. The molecule has 0 aliphatic heterocycles. The van der Waals surface area contributed by atoms with E-state index in [4.69, 9.17) is 15.2 Å². The summed E-state index contributed by atoms with van der Waals surface area (Å²) in [7, 11) is 0. The van der Waals surface area contributed by atoms with Gasteiger partial charge in [0, 0.05) is 16.7 Å². The van der Waals surface area contributed by atoms with Crippen molar-refractivity contribution in [1.82, 2.24) is 0 Å². The summed E-state index contributed by atoms with van der Waals surface area (Å²) >= 11 is 0.983. The number of carbonyl (C=O) groups excluding carboxylic acids is 2. The predicted octanol–water partition coefficient (Wildman–Crippen LogP) is 4.33. The molecule has 6 nitrogen and oxygen atoms in total. The lowest BCUT2D eigenvalue weighted by Gasteiger charge is -2.09. The molecule has 0 aliphatic carbocycles. The summed E-state index contributed by atoms with van der Waals surface area (Å²) in [5.74, 6) is -0.782. The first-order valence-electron chi connectivity index (χ1n) is 8.96. The van der Waals surface area contributed by atoms with Crippen LogP contribution in [-0.2, 0) is 11.3 Å². The second-order valence-electron chi connectivity index (χ2n) is 6.13. The van der Waals surface area contributed by atoms with Crippen LogP contribution in [0.15, 0.2) is 48.5 Å². The molecule has 0 unspecified atom stereocenters. The molecule has 8 heteroatoms. The van der Waals surface area contributed by atoms with Crippen LogP contribution < -0.4 is 10.5 Å². The monoisotopic (exact) mass is 424 g/mol. The van der Waals surface area contributed by atoms with Crippen molar-refractivity contribution in [2.24, 2.45) is 0 Å². The maximum absolute atomic E-state index is 13.0. The molecule has 3 rings (SSSR count). The number of halogens is 1. The maximum atomic E-state index is 13.0. The zero-order valence-corrected chi connectivity index (χ0v) is 16.8. The van der Waals surface area contributed by atoms with Crippen LogP contribution in [0.25, 0.3) is 0 Å². The minimum atomic E-state index is -0.561. The minimum Gasteiger partial charge on any atom is -0.489 e. The maximum Gasteiger partial charge on any atom is 0.348 e. The Morgan fingerprint density at radius 3 is 2.27 bits per heavy atom. The van der Waals surface area contributed by atoms with Gasteiger partial charge in [-0.2, -0.15) is 5.26 Å². The van der Waals surface area contributed by atoms with Gasteiger partial charge in [-0.1, -0.05) is 0 Å². The number of nitrogen functional groups attached to an aromatic ring is 1. The van der Waals surface area contributed by atoms with Gasteiger partial charge < -0.3 is 15.2 Å². The molecule has 2 N–H and O–H groups in total. The van der Waals surface area contributed by atoms with Gasteiger partial charge in [-0.15, -0.1) is 11.3 Å². The number of nitriles is 1. The highest BCUT2D eigenvalue weighted by Gasteiger charge is 2.23. The van der Waals surface area contributed by atoms with Crippen LogP contribution in [0.5, 0.6) is 5.75 Å². The number of ether oxygens (including phenoxy) is 2. The van der Waals surface area contributed by atoms with Crippen LogP contribution in [0.1, 0.15) is 43.6 Å². The second-order valence-corrected chi connectivity index (χ2v) is 7.18. The first-order valence-corrected chi connectivity index (χ1v) is 9.77. The molecule has 3 aromatic rings. The van der Waals surface area contributed by atoms with Crippen LogP contribution in [0, 0.1) is 17.1 Å². The number of ketones is 1. The van der Waals surface area contributed by atoms with Crippen molar-refractivity contribution in [3.8, 4) is 11.8 Å². The fourth-order valence-corrected chi connectivity index (χ4v) is 3.65. The summed E-state index contributed by atoms with van der Waals surface area (Å²) in [6, 6.07) is 13.7. The van der Waals surface area contributed by atoms with E-state index in [0.29, 0.717) is 22.4 Å². The molecule has 0 saturated heterocycles. The van der Waals surface area contributed by atoms with Crippen LogP contribution in [0.2, 0.25) is 0 Å². The number of anilines is 1. The van der Waals surface area contributed by atoms with E-state index < -0.39 is 11.8 Å². The number of benzene rings is 2. The highest BCUT2D eigenvalue weighted by atomic mass is 32.1. The van der Waals surface area contributed by atoms with E-state index in [9.17, 15) is 19.2 Å². The molecule has 2 aromatic carbocycles. The molecule has 0 aliphatic rings. The molecular weight excluding hydrogens is 407 g/mol. The molecular formula is C22H17FN2O4S. The lowest BCUT2D eigenvalue weighted by atomic mass is 10.0. The molecule has 0 amide bonds. The highest BCUT2D eigenvalue weighted by Crippen LogP contribution is 2.32. The van der Waals surface area contributed by atoms with Crippen molar-refractivity contribution >= 4 is 28.1 Å². The first-order chi connectivity index (χ1) is 14.4. The zero-order valence-electron chi connectivity index (χ0n) is 16.0. The van der Waals surface area contributed by atoms with Gasteiger partial charge in [0.25, 0.3) is 0 Å². The number of thiophene rings is 1. The number of hydrogen-bond donors (Lipinski definition) is 1. The molecule has 0 spiro atoms. The standard InChI is InChI=1S/C22H17FN2O4S/c1-2-28-22(27)20-18(17(11-24)21(25)30-20)12-29-16-9-5-14(6-10-16)19(26)13-3-7-15(23)8-4-13/h3-10H,2,12,25H2,1H3. The first kappa shape index (κ1) is 21.0. The molecule has 1 aromatic heterocycles. The highest BCUT2D eigenvalue weighted by molar-refractivity contribution is 7.18. The van der Waals surface area contributed by atoms with E-state index in [1.165, 1.54) is 24.3 Å². The van der Waals surface area contributed by atoms with E-state index in [2.05, 4.69) is 0 Å².